The molecule has 0 unspecified atom stereocenters. The summed E-state index contributed by atoms with van der Waals surface area (Å²) in [5.41, 5.74) is 0.704. The van der Waals surface area contributed by atoms with Gasteiger partial charge in [0.1, 0.15) is 5.76 Å². The van der Waals surface area contributed by atoms with Gasteiger partial charge in [-0.1, -0.05) is 13.8 Å². The van der Waals surface area contributed by atoms with Crippen molar-refractivity contribution >= 4 is 11.8 Å². The van der Waals surface area contributed by atoms with E-state index in [4.69, 9.17) is 4.42 Å². The molecule has 0 aliphatic rings. The van der Waals surface area contributed by atoms with E-state index in [1.165, 1.54) is 18.5 Å². The van der Waals surface area contributed by atoms with Gasteiger partial charge in [0.15, 0.2) is 0 Å². The summed E-state index contributed by atoms with van der Waals surface area (Å²) >= 11 is 0. The highest BCUT2D eigenvalue weighted by Crippen LogP contribution is 2.05. The molecule has 0 aliphatic carbocycles. The van der Waals surface area contributed by atoms with Gasteiger partial charge in [0, 0.05) is 18.9 Å². The fraction of sp³-hybridized carbons (Fsp3) is 0.312. The molecule has 116 valence electrons. The summed E-state index contributed by atoms with van der Waals surface area (Å²) in [6, 6.07) is 5.05. The molecule has 2 N–H and O–H groups in total. The summed E-state index contributed by atoms with van der Waals surface area (Å²) in [4.78, 5) is 28.0. The molecular formula is C16H19N3O3. The number of nitrogens with one attached hydrogen (secondary N) is 2. The third-order valence-corrected chi connectivity index (χ3v) is 2.94. The second-order valence-electron chi connectivity index (χ2n) is 5.33. The summed E-state index contributed by atoms with van der Waals surface area (Å²) in [5, 5.41) is 5.51. The van der Waals surface area contributed by atoms with Crippen LogP contribution < -0.4 is 10.6 Å². The molecule has 2 rings (SSSR count). The lowest BCUT2D eigenvalue weighted by molar-refractivity contribution is 0.0947. The second kappa shape index (κ2) is 7.40. The predicted molar refractivity (Wildman–Crippen MR) is 81.3 cm³/mol. The number of carbonyl (C=O) groups excluding carboxylic acids is 2. The number of furan rings is 1. The van der Waals surface area contributed by atoms with Crippen molar-refractivity contribution in [3.63, 3.8) is 0 Å². The minimum atomic E-state index is -0.303. The Morgan fingerprint density at radius 1 is 1.18 bits per heavy atom. The summed E-state index contributed by atoms with van der Waals surface area (Å²) < 4.78 is 5.14. The summed E-state index contributed by atoms with van der Waals surface area (Å²) in [6.45, 7) is 4.89. The van der Waals surface area contributed by atoms with Crippen LogP contribution in [0.3, 0.4) is 0 Å². The molecular weight excluding hydrogens is 282 g/mol. The van der Waals surface area contributed by atoms with Gasteiger partial charge in [-0.2, -0.15) is 0 Å². The molecule has 0 radical (unpaired) electrons. The van der Waals surface area contributed by atoms with Crippen LogP contribution in [0.5, 0.6) is 0 Å². The zero-order valence-electron chi connectivity index (χ0n) is 12.6. The van der Waals surface area contributed by atoms with Crippen molar-refractivity contribution in [3.8, 4) is 0 Å². The number of rotatable bonds is 6. The van der Waals surface area contributed by atoms with E-state index in [2.05, 4.69) is 15.6 Å². The second-order valence-corrected chi connectivity index (χ2v) is 5.33. The zero-order chi connectivity index (χ0) is 15.9. The fourth-order valence-corrected chi connectivity index (χ4v) is 1.77. The number of aromatic nitrogens is 1. The van der Waals surface area contributed by atoms with Gasteiger partial charge in [0.2, 0.25) is 0 Å². The van der Waals surface area contributed by atoms with Gasteiger partial charge in [-0.25, -0.2) is 0 Å². The molecule has 2 aromatic heterocycles. The largest absolute Gasteiger partial charge is 0.467 e. The van der Waals surface area contributed by atoms with Crippen LogP contribution in [0, 0.1) is 5.92 Å². The number of pyridine rings is 1. The first kappa shape index (κ1) is 15.8. The zero-order valence-corrected chi connectivity index (χ0v) is 12.6. The molecule has 0 atom stereocenters. The minimum absolute atomic E-state index is 0.234. The molecule has 0 aliphatic heterocycles. The van der Waals surface area contributed by atoms with Gasteiger partial charge in [-0.05, 0) is 24.1 Å². The van der Waals surface area contributed by atoms with Gasteiger partial charge >= 0.3 is 0 Å². The van der Waals surface area contributed by atoms with E-state index in [9.17, 15) is 9.59 Å². The van der Waals surface area contributed by atoms with Crippen LogP contribution in [-0.2, 0) is 6.54 Å². The number of nitrogens with zero attached hydrogens (tertiary/aromatic N) is 1. The smallest absolute Gasteiger partial charge is 0.253 e. The van der Waals surface area contributed by atoms with Crippen LogP contribution in [0.2, 0.25) is 0 Å². The number of amides is 2. The Hall–Kier alpha value is -2.63. The quantitative estimate of drug-likeness (QED) is 0.854. The summed E-state index contributed by atoms with van der Waals surface area (Å²) in [6.07, 6.45) is 4.42. The van der Waals surface area contributed by atoms with E-state index in [0.29, 0.717) is 29.3 Å². The standard InChI is InChI=1S/C16H19N3O3/c1-11(2)7-18-15(20)12-6-13(9-17-8-12)16(21)19-10-14-4-3-5-22-14/h3-6,8-9,11H,7,10H2,1-2H3,(H,18,20)(H,19,21). The van der Waals surface area contributed by atoms with Crippen LogP contribution in [0.15, 0.2) is 41.3 Å². The van der Waals surface area contributed by atoms with Crippen LogP contribution in [0.4, 0.5) is 0 Å². The lowest BCUT2D eigenvalue weighted by Crippen LogP contribution is -2.28. The van der Waals surface area contributed by atoms with Gasteiger partial charge in [-0.15, -0.1) is 0 Å². The van der Waals surface area contributed by atoms with Crippen molar-refractivity contribution in [1.82, 2.24) is 15.6 Å². The highest BCUT2D eigenvalue weighted by Gasteiger charge is 2.11. The van der Waals surface area contributed by atoms with Gasteiger partial charge < -0.3 is 15.1 Å². The van der Waals surface area contributed by atoms with E-state index in [-0.39, 0.29) is 18.4 Å². The van der Waals surface area contributed by atoms with Crippen LogP contribution in [-0.4, -0.2) is 23.3 Å². The number of carbonyl (C=O) groups is 2. The normalized spacial score (nSPS) is 10.5. The highest BCUT2D eigenvalue weighted by molar-refractivity contribution is 5.99. The average Bonchev–Trinajstić information content (AvgIpc) is 3.03. The molecule has 0 spiro atoms. The third-order valence-electron chi connectivity index (χ3n) is 2.94. The average molecular weight is 301 g/mol. The SMILES string of the molecule is CC(C)CNC(=O)c1cncc(C(=O)NCc2ccco2)c1. The Morgan fingerprint density at radius 3 is 2.45 bits per heavy atom. The van der Waals surface area contributed by atoms with Crippen LogP contribution in [0.1, 0.15) is 40.3 Å². The molecule has 2 heterocycles. The monoisotopic (exact) mass is 301 g/mol. The molecule has 0 saturated carbocycles. The fourth-order valence-electron chi connectivity index (χ4n) is 1.77. The Balaban J connectivity index is 1.97. The van der Waals surface area contributed by atoms with E-state index in [1.807, 2.05) is 13.8 Å². The van der Waals surface area contributed by atoms with Crippen molar-refractivity contribution in [3.05, 3.63) is 53.7 Å². The van der Waals surface area contributed by atoms with Crippen LogP contribution in [0.25, 0.3) is 0 Å². The van der Waals surface area contributed by atoms with Crippen molar-refractivity contribution in [2.24, 2.45) is 5.92 Å². The molecule has 0 saturated heterocycles. The molecule has 0 bridgehead atoms. The lowest BCUT2D eigenvalue weighted by Gasteiger charge is -2.08. The first-order valence-electron chi connectivity index (χ1n) is 7.10. The summed E-state index contributed by atoms with van der Waals surface area (Å²) in [5.74, 6) is 0.480. The van der Waals surface area contributed by atoms with Gasteiger partial charge in [0.05, 0.1) is 23.9 Å². The first-order valence-corrected chi connectivity index (χ1v) is 7.10. The molecule has 0 fully saturated rings. The molecule has 0 aromatic carbocycles. The Labute approximate surface area is 128 Å². The van der Waals surface area contributed by atoms with E-state index >= 15 is 0 Å². The van der Waals surface area contributed by atoms with Gasteiger partial charge in [-0.3, -0.25) is 14.6 Å². The van der Waals surface area contributed by atoms with Crippen molar-refractivity contribution in [1.29, 1.82) is 0 Å². The topological polar surface area (TPSA) is 84.2 Å². The van der Waals surface area contributed by atoms with E-state index < -0.39 is 0 Å². The van der Waals surface area contributed by atoms with E-state index in [1.54, 1.807) is 18.4 Å². The Kier molecular flexibility index (Phi) is 5.30. The molecule has 2 amide bonds. The van der Waals surface area contributed by atoms with Crippen molar-refractivity contribution in [2.75, 3.05) is 6.54 Å². The maximum Gasteiger partial charge on any atom is 0.253 e. The maximum atomic E-state index is 12.1. The Bertz CT molecular complexity index is 636. The highest BCUT2D eigenvalue weighted by atomic mass is 16.3. The number of hydrogen-bond acceptors (Lipinski definition) is 4. The predicted octanol–water partition coefficient (Wildman–Crippen LogP) is 1.99. The molecule has 6 heteroatoms. The molecule has 2 aromatic rings. The maximum absolute atomic E-state index is 12.1. The van der Waals surface area contributed by atoms with Gasteiger partial charge in [0.25, 0.3) is 11.8 Å². The first-order chi connectivity index (χ1) is 10.6. The van der Waals surface area contributed by atoms with Crippen LogP contribution >= 0.6 is 0 Å². The Morgan fingerprint density at radius 2 is 1.86 bits per heavy atom. The van der Waals surface area contributed by atoms with Crippen molar-refractivity contribution in [2.45, 2.75) is 20.4 Å². The van der Waals surface area contributed by atoms with E-state index in [0.717, 1.165) is 0 Å². The number of hydrogen-bond donors (Lipinski definition) is 2. The third kappa shape index (κ3) is 4.44. The minimum Gasteiger partial charge on any atom is -0.467 e. The molecule has 6 nitrogen and oxygen atoms in total. The lowest BCUT2D eigenvalue weighted by atomic mass is 10.1. The van der Waals surface area contributed by atoms with Crippen molar-refractivity contribution < 1.29 is 14.0 Å². The molecule has 22 heavy (non-hydrogen) atoms. The summed E-state index contributed by atoms with van der Waals surface area (Å²) in [7, 11) is 0.